The van der Waals surface area contributed by atoms with E-state index in [0.29, 0.717) is 65.1 Å². The maximum Gasteiger partial charge on any atom is 0.244 e. The van der Waals surface area contributed by atoms with Gasteiger partial charge in [-0.15, -0.1) is 0 Å². The van der Waals surface area contributed by atoms with E-state index >= 15 is 0 Å². The highest BCUT2D eigenvalue weighted by Gasteiger charge is 2.45. The monoisotopic (exact) mass is 850 g/mol. The van der Waals surface area contributed by atoms with Crippen LogP contribution in [0.4, 0.5) is 5.82 Å². The Morgan fingerprint density at radius 2 is 1.62 bits per heavy atom. The molecule has 0 spiro atoms. The molecule has 4 saturated heterocycles. The first kappa shape index (κ1) is 40.8. The van der Waals surface area contributed by atoms with Gasteiger partial charge < -0.3 is 25.6 Å². The molecular formula is C47H50N10O6. The zero-order chi connectivity index (χ0) is 43.2. The standard InChI is InChI=1S/C47H50N10O6/c48-43-41-42(31-11-13-35(14-12-31)63-34-6-2-1-3-7-34)52-57(44(41)50-28-49-43)33-5-4-20-54(26-33)40(59)27-53-21-18-32(19-22-53)55-24-30(25-55)9-8-29-10-15-36-37(23-29)47(62)56(46(36)61)38-16-17-39(58)51-45(38)60/h1-3,6-7,10-15,23,28,30,32-33,38,46-47,61-62H,4-5,16-22,24-27H2,(H2,48,49,50)(H,51,58,60)/t33-,38?,46?,47?/m1/s1. The van der Waals surface area contributed by atoms with Crippen LogP contribution in [-0.4, -0.2) is 125 Å². The zero-order valence-corrected chi connectivity index (χ0v) is 34.8. The van der Waals surface area contributed by atoms with E-state index < -0.39 is 24.4 Å². The molecule has 5 aliphatic rings. The second-order valence-corrected chi connectivity index (χ2v) is 17.3. The molecule has 2 aromatic heterocycles. The van der Waals surface area contributed by atoms with Crippen molar-refractivity contribution in [3.8, 4) is 34.6 Å². The fourth-order valence-electron chi connectivity index (χ4n) is 9.83. The second-order valence-electron chi connectivity index (χ2n) is 17.3. The highest BCUT2D eigenvalue weighted by molar-refractivity contribution is 6.00. The quantitative estimate of drug-likeness (QED) is 0.131. The average Bonchev–Trinajstić information content (AvgIpc) is 3.79. The van der Waals surface area contributed by atoms with Crippen LogP contribution in [0.3, 0.4) is 0 Å². The summed E-state index contributed by atoms with van der Waals surface area (Å²) in [6.07, 6.45) is 3.24. The van der Waals surface area contributed by atoms with E-state index in [4.69, 9.17) is 15.6 Å². The van der Waals surface area contributed by atoms with Gasteiger partial charge in [-0.25, -0.2) is 19.5 Å². The maximum absolute atomic E-state index is 13.8. The van der Waals surface area contributed by atoms with Crippen LogP contribution in [0, 0.1) is 17.8 Å². The van der Waals surface area contributed by atoms with Gasteiger partial charge in [0.25, 0.3) is 0 Å². The topological polar surface area (TPSA) is 196 Å². The number of nitrogens with two attached hydrogens (primary N) is 1. The van der Waals surface area contributed by atoms with Crippen molar-refractivity contribution in [2.24, 2.45) is 5.92 Å². The minimum Gasteiger partial charge on any atom is -0.457 e. The van der Waals surface area contributed by atoms with Crippen LogP contribution in [0.25, 0.3) is 22.3 Å². The van der Waals surface area contributed by atoms with Gasteiger partial charge in [0.15, 0.2) is 5.65 Å². The number of piperidine rings is 3. The van der Waals surface area contributed by atoms with Gasteiger partial charge in [0.2, 0.25) is 17.7 Å². The number of amides is 3. The van der Waals surface area contributed by atoms with Crippen LogP contribution in [0.5, 0.6) is 11.5 Å². The summed E-state index contributed by atoms with van der Waals surface area (Å²) < 4.78 is 7.94. The summed E-state index contributed by atoms with van der Waals surface area (Å²) in [7, 11) is 0. The van der Waals surface area contributed by atoms with Crippen molar-refractivity contribution in [1.29, 1.82) is 0 Å². The molecule has 5 aromatic rings. The van der Waals surface area contributed by atoms with Crippen LogP contribution < -0.4 is 15.8 Å². The van der Waals surface area contributed by atoms with E-state index in [1.165, 1.54) is 11.2 Å². The summed E-state index contributed by atoms with van der Waals surface area (Å²) in [5.41, 5.74) is 10.5. The number of fused-ring (bicyclic) bond motifs is 2. The molecule has 0 aliphatic carbocycles. The Kier molecular flexibility index (Phi) is 11.1. The molecule has 10 rings (SSSR count). The normalized spacial score (nSPS) is 23.8. The first-order valence-electron chi connectivity index (χ1n) is 21.9. The Morgan fingerprint density at radius 1 is 0.857 bits per heavy atom. The molecule has 3 unspecified atom stereocenters. The summed E-state index contributed by atoms with van der Waals surface area (Å²) >= 11 is 0. The number of likely N-dealkylation sites (tertiary alicyclic amines) is 3. The Balaban J connectivity index is 0.712. The van der Waals surface area contributed by atoms with Gasteiger partial charge in [0.05, 0.1) is 24.0 Å². The van der Waals surface area contributed by atoms with Crippen LogP contribution in [0.1, 0.15) is 73.7 Å². The predicted molar refractivity (Wildman–Crippen MR) is 232 cm³/mol. The van der Waals surface area contributed by atoms with E-state index in [-0.39, 0.29) is 36.6 Å². The molecule has 16 nitrogen and oxygen atoms in total. The van der Waals surface area contributed by atoms with E-state index in [2.05, 4.69) is 36.9 Å². The molecule has 5 aliphatic heterocycles. The number of aliphatic hydroxyl groups is 2. The number of nitrogens with one attached hydrogen (secondary N) is 1. The lowest BCUT2D eigenvalue weighted by Crippen LogP contribution is -2.55. The molecule has 4 fully saturated rings. The van der Waals surface area contributed by atoms with Gasteiger partial charge in [-0.05, 0) is 80.6 Å². The van der Waals surface area contributed by atoms with Gasteiger partial charge in [-0.2, -0.15) is 5.10 Å². The number of carbonyl (C=O) groups excluding carboxylic acids is 3. The molecule has 0 radical (unpaired) electrons. The van der Waals surface area contributed by atoms with Crippen LogP contribution in [0.15, 0.2) is 79.1 Å². The van der Waals surface area contributed by atoms with Gasteiger partial charge in [0.1, 0.15) is 41.8 Å². The lowest BCUT2D eigenvalue weighted by Gasteiger charge is -2.45. The molecular weight excluding hydrogens is 801 g/mol. The van der Waals surface area contributed by atoms with E-state index in [1.807, 2.05) is 70.2 Å². The number of aliphatic hydroxyl groups excluding tert-OH is 2. The van der Waals surface area contributed by atoms with Crippen LogP contribution >= 0.6 is 0 Å². The molecule has 324 valence electrons. The van der Waals surface area contributed by atoms with Crippen molar-refractivity contribution < 1.29 is 29.3 Å². The van der Waals surface area contributed by atoms with Crippen molar-refractivity contribution in [3.63, 3.8) is 0 Å². The fraction of sp³-hybridized carbons (Fsp3) is 0.404. The summed E-state index contributed by atoms with van der Waals surface area (Å²) in [6.45, 7) is 5.14. The predicted octanol–water partition coefficient (Wildman–Crippen LogP) is 3.58. The van der Waals surface area contributed by atoms with E-state index in [1.54, 1.807) is 12.1 Å². The van der Waals surface area contributed by atoms with Gasteiger partial charge in [-0.1, -0.05) is 36.1 Å². The number of rotatable bonds is 8. The average molecular weight is 851 g/mol. The molecule has 63 heavy (non-hydrogen) atoms. The first-order chi connectivity index (χ1) is 30.7. The minimum absolute atomic E-state index is 0.0559. The third-order valence-corrected chi connectivity index (χ3v) is 13.3. The Hall–Kier alpha value is -6.22. The number of ether oxygens (including phenoxy) is 1. The zero-order valence-electron chi connectivity index (χ0n) is 34.8. The second kappa shape index (κ2) is 17.2. The first-order valence-corrected chi connectivity index (χ1v) is 21.9. The molecule has 3 amide bonds. The summed E-state index contributed by atoms with van der Waals surface area (Å²) in [5.74, 6) is 7.99. The number of nitrogen functional groups attached to an aromatic ring is 1. The molecule has 0 bridgehead atoms. The number of para-hydroxylation sites is 1. The SMILES string of the molecule is Nc1ncnc2c1c(-c1ccc(Oc3ccccc3)cc1)nn2[C@@H]1CCCN(C(=O)CN2CCC(N3CC(C#Cc4ccc5c(c4)C(O)N(C4CCC(=O)NC4=O)C5O)C3)CC2)C1. The van der Waals surface area contributed by atoms with Crippen LogP contribution in [-0.2, 0) is 14.4 Å². The highest BCUT2D eigenvalue weighted by Crippen LogP contribution is 2.42. The number of hydrogen-bond donors (Lipinski definition) is 4. The lowest BCUT2D eigenvalue weighted by atomic mass is 9.93. The third kappa shape index (κ3) is 8.14. The number of aromatic nitrogens is 4. The summed E-state index contributed by atoms with van der Waals surface area (Å²) in [5, 5.41) is 30.1. The Bertz CT molecular complexity index is 2600. The van der Waals surface area contributed by atoms with Crippen molar-refractivity contribution in [2.75, 3.05) is 51.5 Å². The Labute approximate surface area is 364 Å². The minimum atomic E-state index is -1.18. The van der Waals surface area contributed by atoms with E-state index in [9.17, 15) is 24.6 Å². The summed E-state index contributed by atoms with van der Waals surface area (Å²) in [6, 6.07) is 22.3. The molecule has 5 N–H and O–H groups in total. The molecule has 16 heteroatoms. The van der Waals surface area contributed by atoms with Crippen LogP contribution in [0.2, 0.25) is 0 Å². The number of nitrogens with zero attached hydrogens (tertiary/aromatic N) is 8. The van der Waals surface area contributed by atoms with Crippen molar-refractivity contribution in [1.82, 2.24) is 44.7 Å². The van der Waals surface area contributed by atoms with Gasteiger partial charge in [0, 0.05) is 79.9 Å². The van der Waals surface area contributed by atoms with E-state index in [0.717, 1.165) is 68.7 Å². The number of anilines is 1. The number of benzene rings is 3. The molecule has 3 aromatic carbocycles. The lowest BCUT2D eigenvalue weighted by molar-refractivity contribution is -0.154. The highest BCUT2D eigenvalue weighted by atomic mass is 16.5. The van der Waals surface area contributed by atoms with Gasteiger partial charge >= 0.3 is 0 Å². The van der Waals surface area contributed by atoms with Crippen molar-refractivity contribution in [2.45, 2.75) is 69.1 Å². The smallest absolute Gasteiger partial charge is 0.244 e. The van der Waals surface area contributed by atoms with Crippen molar-refractivity contribution >= 4 is 34.6 Å². The number of carbonyl (C=O) groups is 3. The molecule has 4 atom stereocenters. The van der Waals surface area contributed by atoms with Gasteiger partial charge in [-0.3, -0.25) is 29.5 Å². The number of imide groups is 1. The fourth-order valence-corrected chi connectivity index (χ4v) is 9.83. The molecule has 0 saturated carbocycles. The Morgan fingerprint density at radius 3 is 2.40 bits per heavy atom. The number of hydrogen-bond acceptors (Lipinski definition) is 13. The van der Waals surface area contributed by atoms with Crippen molar-refractivity contribution in [3.05, 3.63) is 95.8 Å². The summed E-state index contributed by atoms with van der Waals surface area (Å²) in [4.78, 5) is 54.9. The maximum atomic E-state index is 13.8. The third-order valence-electron chi connectivity index (χ3n) is 13.3. The molecule has 7 heterocycles. The largest absolute Gasteiger partial charge is 0.457 e.